The molecule has 0 radical (unpaired) electrons. The zero-order chi connectivity index (χ0) is 17.1. The summed E-state index contributed by atoms with van der Waals surface area (Å²) in [5.41, 5.74) is 0.413. The number of rotatable bonds is 7. The van der Waals surface area contributed by atoms with Gasteiger partial charge in [0.25, 0.3) is 0 Å². The molecule has 0 saturated carbocycles. The third-order valence-corrected chi connectivity index (χ3v) is 2.58. The highest BCUT2D eigenvalue weighted by Gasteiger charge is 2.26. The van der Waals surface area contributed by atoms with Crippen molar-refractivity contribution >= 4 is 6.08 Å². The van der Waals surface area contributed by atoms with Crippen molar-refractivity contribution in [3.8, 4) is 0 Å². The first-order valence-corrected chi connectivity index (χ1v) is 6.93. The normalized spacial score (nSPS) is 16.5. The molecule has 1 aromatic heterocycles. The Bertz CT molecular complexity index is 426. The van der Waals surface area contributed by atoms with Gasteiger partial charge in [0.1, 0.15) is 18.3 Å². The summed E-state index contributed by atoms with van der Waals surface area (Å²) in [6.07, 6.45) is -0.291. The van der Waals surface area contributed by atoms with E-state index in [1.54, 1.807) is 0 Å². The molecule has 0 aliphatic carbocycles. The maximum atomic E-state index is 9.72. The predicted molar refractivity (Wildman–Crippen MR) is 79.6 cm³/mol. The van der Waals surface area contributed by atoms with E-state index >= 15 is 0 Å². The summed E-state index contributed by atoms with van der Waals surface area (Å²) in [5.74, 6) is 0. The predicted octanol–water partition coefficient (Wildman–Crippen LogP) is -1.38. The van der Waals surface area contributed by atoms with Crippen molar-refractivity contribution in [1.29, 1.82) is 0 Å². The van der Waals surface area contributed by atoms with Crippen LogP contribution in [-0.4, -0.2) is 72.1 Å². The molecule has 0 aliphatic rings. The van der Waals surface area contributed by atoms with E-state index in [-0.39, 0.29) is 5.69 Å². The van der Waals surface area contributed by atoms with Crippen molar-refractivity contribution in [2.75, 3.05) is 13.2 Å². The van der Waals surface area contributed by atoms with Crippen molar-refractivity contribution in [3.05, 3.63) is 29.9 Å². The van der Waals surface area contributed by atoms with Crippen LogP contribution in [0.1, 0.15) is 31.3 Å². The Kier molecular flexibility index (Phi) is 10.5. The zero-order valence-corrected chi connectivity index (χ0v) is 12.6. The minimum absolute atomic E-state index is 0.0323. The summed E-state index contributed by atoms with van der Waals surface area (Å²) < 4.78 is 0. The van der Waals surface area contributed by atoms with Crippen LogP contribution in [0.25, 0.3) is 6.08 Å². The second-order valence-corrected chi connectivity index (χ2v) is 4.16. The van der Waals surface area contributed by atoms with Gasteiger partial charge in [0.05, 0.1) is 43.1 Å². The molecule has 22 heavy (non-hydrogen) atoms. The maximum absolute atomic E-state index is 9.72. The molecule has 0 aliphatic heterocycles. The van der Waals surface area contributed by atoms with E-state index in [4.69, 9.17) is 15.3 Å². The Hall–Kier alpha value is -1.42. The second-order valence-electron chi connectivity index (χ2n) is 4.16. The van der Waals surface area contributed by atoms with Gasteiger partial charge < -0.3 is 30.6 Å². The Labute approximate surface area is 129 Å². The van der Waals surface area contributed by atoms with Gasteiger partial charge in [-0.25, -0.2) is 0 Å². The summed E-state index contributed by atoms with van der Waals surface area (Å²) in [6, 6.07) is 0. The van der Waals surface area contributed by atoms with Gasteiger partial charge in [-0.05, 0) is 6.08 Å². The molecule has 1 rings (SSSR count). The van der Waals surface area contributed by atoms with Crippen LogP contribution in [0.4, 0.5) is 0 Å². The molecule has 0 spiro atoms. The molecule has 1 aromatic rings. The molecule has 0 bridgehead atoms. The van der Waals surface area contributed by atoms with Gasteiger partial charge in [0, 0.05) is 0 Å². The van der Waals surface area contributed by atoms with E-state index in [9.17, 15) is 15.3 Å². The Morgan fingerprint density at radius 1 is 1.00 bits per heavy atom. The third-order valence-electron chi connectivity index (χ3n) is 2.58. The minimum atomic E-state index is -1.58. The average Bonchev–Trinajstić information content (AvgIpc) is 2.59. The molecule has 4 unspecified atom stereocenters. The molecule has 6 N–H and O–H groups in total. The summed E-state index contributed by atoms with van der Waals surface area (Å²) in [6.45, 7) is 2.90. The summed E-state index contributed by atoms with van der Waals surface area (Å²) in [7, 11) is 0. The fourth-order valence-electron chi connectivity index (χ4n) is 1.35. The number of aliphatic hydroxyl groups is 6. The van der Waals surface area contributed by atoms with Gasteiger partial charge in [-0.3, -0.25) is 9.97 Å². The van der Waals surface area contributed by atoms with E-state index in [1.165, 1.54) is 24.5 Å². The molecule has 0 amide bonds. The molecule has 8 heteroatoms. The van der Waals surface area contributed by atoms with Crippen molar-refractivity contribution in [2.45, 2.75) is 38.3 Å². The highest BCUT2D eigenvalue weighted by atomic mass is 16.4. The number of hydrogen-bond acceptors (Lipinski definition) is 8. The monoisotopic (exact) mass is 316 g/mol. The second kappa shape index (κ2) is 11.2. The van der Waals surface area contributed by atoms with Gasteiger partial charge in [-0.15, -0.1) is 0 Å². The maximum Gasteiger partial charge on any atom is 0.126 e. The molecular weight excluding hydrogens is 292 g/mol. The SMILES string of the molecule is CC.OCC(O)/C=C/c1cnc(C(O)C(O)C(O)CO)cn1. The quantitative estimate of drug-likeness (QED) is 0.360. The van der Waals surface area contributed by atoms with Gasteiger partial charge in [-0.1, -0.05) is 19.9 Å². The molecule has 1 heterocycles. The van der Waals surface area contributed by atoms with Crippen molar-refractivity contribution in [3.63, 3.8) is 0 Å². The fourth-order valence-corrected chi connectivity index (χ4v) is 1.35. The number of hydrogen-bond donors (Lipinski definition) is 6. The first-order valence-electron chi connectivity index (χ1n) is 6.93. The summed E-state index contributed by atoms with van der Waals surface area (Å²) in [4.78, 5) is 7.78. The van der Waals surface area contributed by atoms with Crippen LogP contribution in [-0.2, 0) is 0 Å². The molecular formula is C14H24N2O6. The lowest BCUT2D eigenvalue weighted by molar-refractivity contribution is -0.0790. The number of aromatic nitrogens is 2. The Balaban J connectivity index is 0.00000211. The topological polar surface area (TPSA) is 147 Å². The highest BCUT2D eigenvalue weighted by molar-refractivity contribution is 5.43. The molecule has 0 aromatic carbocycles. The Morgan fingerprint density at radius 2 is 1.64 bits per heavy atom. The molecule has 4 atom stereocenters. The lowest BCUT2D eigenvalue weighted by Gasteiger charge is -2.20. The van der Waals surface area contributed by atoms with Gasteiger partial charge >= 0.3 is 0 Å². The highest BCUT2D eigenvalue weighted by Crippen LogP contribution is 2.16. The van der Waals surface area contributed by atoms with E-state index in [0.29, 0.717) is 5.69 Å². The molecule has 0 fully saturated rings. The first kappa shape index (κ1) is 20.6. The van der Waals surface area contributed by atoms with Crippen molar-refractivity contribution in [2.24, 2.45) is 0 Å². The van der Waals surface area contributed by atoms with E-state index < -0.39 is 37.6 Å². The van der Waals surface area contributed by atoms with Gasteiger partial charge in [0.15, 0.2) is 0 Å². The lowest BCUT2D eigenvalue weighted by atomic mass is 10.1. The third kappa shape index (κ3) is 6.56. The standard InChI is InChI=1S/C12H18N2O6.C2H6/c15-5-8(17)2-1-7-3-14-9(4-13-7)11(19)12(20)10(18)6-16;1-2/h1-4,8,10-12,15-20H,5-6H2;1-2H3/b2-1+;. The lowest BCUT2D eigenvalue weighted by Crippen LogP contribution is -2.35. The van der Waals surface area contributed by atoms with E-state index in [1.807, 2.05) is 13.8 Å². The Morgan fingerprint density at radius 3 is 2.09 bits per heavy atom. The van der Waals surface area contributed by atoms with Crippen LogP contribution in [0.2, 0.25) is 0 Å². The number of aliphatic hydroxyl groups excluding tert-OH is 6. The summed E-state index contributed by atoms with van der Waals surface area (Å²) in [5, 5.41) is 54.9. The van der Waals surface area contributed by atoms with Crippen molar-refractivity contribution < 1.29 is 30.6 Å². The smallest absolute Gasteiger partial charge is 0.126 e. The molecule has 0 saturated heterocycles. The van der Waals surface area contributed by atoms with Crippen LogP contribution in [0, 0.1) is 0 Å². The van der Waals surface area contributed by atoms with Crippen molar-refractivity contribution in [1.82, 2.24) is 9.97 Å². The fraction of sp³-hybridized carbons (Fsp3) is 0.571. The van der Waals surface area contributed by atoms with E-state index in [0.717, 1.165) is 0 Å². The van der Waals surface area contributed by atoms with Gasteiger partial charge in [-0.2, -0.15) is 0 Å². The van der Waals surface area contributed by atoms with Crippen LogP contribution in [0.15, 0.2) is 18.5 Å². The van der Waals surface area contributed by atoms with Gasteiger partial charge in [0.2, 0.25) is 0 Å². The largest absolute Gasteiger partial charge is 0.394 e. The molecule has 126 valence electrons. The first-order chi connectivity index (χ1) is 10.5. The summed E-state index contributed by atoms with van der Waals surface area (Å²) >= 11 is 0. The van der Waals surface area contributed by atoms with E-state index in [2.05, 4.69) is 9.97 Å². The van der Waals surface area contributed by atoms with Crippen LogP contribution in [0.3, 0.4) is 0 Å². The van der Waals surface area contributed by atoms with Crippen LogP contribution >= 0.6 is 0 Å². The zero-order valence-electron chi connectivity index (χ0n) is 12.6. The minimum Gasteiger partial charge on any atom is -0.394 e. The van der Waals surface area contributed by atoms with Crippen LogP contribution < -0.4 is 0 Å². The average molecular weight is 316 g/mol. The molecule has 8 nitrogen and oxygen atoms in total. The number of nitrogens with zero attached hydrogens (tertiary/aromatic N) is 2. The van der Waals surface area contributed by atoms with Crippen LogP contribution in [0.5, 0.6) is 0 Å².